The van der Waals surface area contributed by atoms with Crippen molar-refractivity contribution in [3.63, 3.8) is 0 Å². The predicted molar refractivity (Wildman–Crippen MR) is 62.9 cm³/mol. The minimum atomic E-state index is -4.62. The van der Waals surface area contributed by atoms with Crippen LogP contribution in [0.25, 0.3) is 0 Å². The summed E-state index contributed by atoms with van der Waals surface area (Å²) >= 11 is 0.192. The van der Waals surface area contributed by atoms with Crippen molar-refractivity contribution in [2.45, 2.75) is 30.7 Å². The summed E-state index contributed by atoms with van der Waals surface area (Å²) in [5, 5.41) is -2.35. The minimum Gasteiger partial charge on any atom is -0.292 e. The highest BCUT2D eigenvalue weighted by Crippen LogP contribution is 2.34. The fourth-order valence-corrected chi connectivity index (χ4v) is 4.65. The summed E-state index contributed by atoms with van der Waals surface area (Å²) < 4.78 is 60.6. The zero-order chi connectivity index (χ0) is 14.3. The fraction of sp³-hybridized carbons (Fsp3) is 0.600. The third-order valence-electron chi connectivity index (χ3n) is 2.86. The van der Waals surface area contributed by atoms with E-state index < -0.39 is 32.1 Å². The molecule has 106 valence electrons. The fourth-order valence-electron chi connectivity index (χ4n) is 1.93. The van der Waals surface area contributed by atoms with Gasteiger partial charge in [0.2, 0.25) is 0 Å². The van der Waals surface area contributed by atoms with E-state index >= 15 is 0 Å². The van der Waals surface area contributed by atoms with Crippen molar-refractivity contribution in [2.75, 3.05) is 5.75 Å². The van der Waals surface area contributed by atoms with E-state index in [0.717, 1.165) is 6.20 Å². The summed E-state index contributed by atoms with van der Waals surface area (Å²) in [5.41, 5.74) is 0. The molecule has 1 aromatic heterocycles. The monoisotopic (exact) mass is 313 g/mol. The number of hydrogen-bond acceptors (Lipinski definition) is 5. The molecule has 0 spiro atoms. The Morgan fingerprint density at radius 1 is 1.37 bits per heavy atom. The highest BCUT2D eigenvalue weighted by molar-refractivity contribution is 7.92. The van der Waals surface area contributed by atoms with E-state index in [1.807, 2.05) is 0 Å². The Bertz CT molecular complexity index is 591. The lowest BCUT2D eigenvalue weighted by Crippen LogP contribution is -2.35. The summed E-state index contributed by atoms with van der Waals surface area (Å²) in [6, 6.07) is 0. The summed E-state index contributed by atoms with van der Waals surface area (Å²) in [5.74, 6) is -0.860. The van der Waals surface area contributed by atoms with Crippen LogP contribution in [0.5, 0.6) is 0 Å². The first-order valence-electron chi connectivity index (χ1n) is 5.50. The molecule has 1 fully saturated rings. The molecule has 19 heavy (non-hydrogen) atoms. The number of alkyl halides is 3. The van der Waals surface area contributed by atoms with Crippen LogP contribution in [0.3, 0.4) is 0 Å². The Hall–Kier alpha value is -0.960. The largest absolute Gasteiger partial charge is 0.443 e. The van der Waals surface area contributed by atoms with Crippen LogP contribution in [-0.2, 0) is 16.0 Å². The summed E-state index contributed by atoms with van der Waals surface area (Å²) in [6.45, 7) is 0. The molecule has 2 rings (SSSR count). The minimum absolute atomic E-state index is 0.0889. The van der Waals surface area contributed by atoms with Gasteiger partial charge in [-0.25, -0.2) is 13.4 Å². The number of thiazole rings is 1. The van der Waals surface area contributed by atoms with Gasteiger partial charge in [-0.2, -0.15) is 13.2 Å². The summed E-state index contributed by atoms with van der Waals surface area (Å²) in [7, 11) is -3.55. The maximum atomic E-state index is 12.4. The van der Waals surface area contributed by atoms with Crippen molar-refractivity contribution >= 4 is 27.0 Å². The van der Waals surface area contributed by atoms with Crippen LogP contribution in [0.4, 0.5) is 13.2 Å². The topological polar surface area (TPSA) is 64.1 Å². The molecule has 2 heterocycles. The number of carbonyl (C=O) groups excluding carboxylic acids is 1. The van der Waals surface area contributed by atoms with Crippen LogP contribution >= 0.6 is 11.3 Å². The molecule has 1 aromatic rings. The molecule has 0 aromatic carbocycles. The molecule has 0 saturated carbocycles. The van der Waals surface area contributed by atoms with Crippen molar-refractivity contribution in [3.8, 4) is 0 Å². The van der Waals surface area contributed by atoms with E-state index in [2.05, 4.69) is 4.98 Å². The van der Waals surface area contributed by atoms with Crippen molar-refractivity contribution in [3.05, 3.63) is 16.1 Å². The molecule has 0 bridgehead atoms. The molecule has 0 N–H and O–H groups in total. The van der Waals surface area contributed by atoms with E-state index in [1.54, 1.807) is 0 Å². The van der Waals surface area contributed by atoms with Gasteiger partial charge in [-0.3, -0.25) is 4.79 Å². The SMILES string of the molecule is O=C(c1cnc(C(F)(F)F)s1)C1CCCCS1(=O)=O. The van der Waals surface area contributed by atoms with Gasteiger partial charge in [0.1, 0.15) is 5.25 Å². The summed E-state index contributed by atoms with van der Waals surface area (Å²) in [6.07, 6.45) is -2.57. The molecule has 0 aliphatic carbocycles. The van der Waals surface area contributed by atoms with E-state index in [-0.39, 0.29) is 28.4 Å². The number of halogens is 3. The quantitative estimate of drug-likeness (QED) is 0.786. The van der Waals surface area contributed by atoms with E-state index in [4.69, 9.17) is 0 Å². The highest BCUT2D eigenvalue weighted by atomic mass is 32.2. The van der Waals surface area contributed by atoms with Crippen molar-refractivity contribution in [1.82, 2.24) is 4.98 Å². The molecular weight excluding hydrogens is 303 g/mol. The number of Topliss-reactive ketones (excluding diaryl/α,β-unsaturated/α-hetero) is 1. The van der Waals surface area contributed by atoms with Crippen LogP contribution in [0.15, 0.2) is 6.20 Å². The normalized spacial score (nSPS) is 23.2. The lowest BCUT2D eigenvalue weighted by Gasteiger charge is -2.20. The van der Waals surface area contributed by atoms with Gasteiger partial charge >= 0.3 is 6.18 Å². The number of sulfone groups is 1. The molecule has 4 nitrogen and oxygen atoms in total. The molecule has 0 radical (unpaired) electrons. The van der Waals surface area contributed by atoms with Gasteiger partial charge in [0, 0.05) is 6.20 Å². The van der Waals surface area contributed by atoms with E-state index in [0.29, 0.717) is 12.8 Å². The molecule has 1 unspecified atom stereocenters. The Kier molecular flexibility index (Phi) is 3.69. The van der Waals surface area contributed by atoms with Gasteiger partial charge in [0.25, 0.3) is 0 Å². The molecule has 9 heteroatoms. The maximum Gasteiger partial charge on any atom is 0.443 e. The zero-order valence-corrected chi connectivity index (χ0v) is 11.2. The molecule has 0 amide bonds. The first-order chi connectivity index (χ1) is 8.72. The second-order valence-corrected chi connectivity index (χ2v) is 7.58. The predicted octanol–water partition coefficient (Wildman–Crippen LogP) is 2.31. The first kappa shape index (κ1) is 14.4. The Labute approximate surface area is 111 Å². The van der Waals surface area contributed by atoms with Crippen LogP contribution in [0.2, 0.25) is 0 Å². The molecule has 1 aliphatic heterocycles. The molecule has 1 aliphatic rings. The summed E-state index contributed by atoms with van der Waals surface area (Å²) in [4.78, 5) is 14.9. The van der Waals surface area contributed by atoms with Gasteiger partial charge in [0.15, 0.2) is 20.6 Å². The van der Waals surface area contributed by atoms with E-state index in [9.17, 15) is 26.4 Å². The number of ketones is 1. The second-order valence-electron chi connectivity index (χ2n) is 4.24. The van der Waals surface area contributed by atoms with Crippen molar-refractivity contribution in [2.24, 2.45) is 0 Å². The smallest absolute Gasteiger partial charge is 0.292 e. The van der Waals surface area contributed by atoms with Crippen LogP contribution in [-0.4, -0.2) is 30.2 Å². The first-order valence-corrected chi connectivity index (χ1v) is 8.04. The third kappa shape index (κ3) is 2.97. The highest BCUT2D eigenvalue weighted by Gasteiger charge is 2.39. The van der Waals surface area contributed by atoms with Crippen molar-refractivity contribution < 1.29 is 26.4 Å². The van der Waals surface area contributed by atoms with Gasteiger partial charge in [-0.15, -0.1) is 11.3 Å². The molecule has 1 saturated heterocycles. The Morgan fingerprint density at radius 3 is 2.58 bits per heavy atom. The number of rotatable bonds is 2. The zero-order valence-electron chi connectivity index (χ0n) is 9.61. The number of carbonyl (C=O) groups is 1. The van der Waals surface area contributed by atoms with Gasteiger partial charge in [-0.05, 0) is 12.8 Å². The molecule has 1 atom stereocenters. The van der Waals surface area contributed by atoms with Gasteiger partial charge < -0.3 is 0 Å². The lowest BCUT2D eigenvalue weighted by molar-refractivity contribution is -0.137. The van der Waals surface area contributed by atoms with Gasteiger partial charge in [-0.1, -0.05) is 6.42 Å². The second kappa shape index (κ2) is 4.86. The third-order valence-corrected chi connectivity index (χ3v) is 6.09. The van der Waals surface area contributed by atoms with Crippen LogP contribution < -0.4 is 0 Å². The average Bonchev–Trinajstić information content (AvgIpc) is 2.76. The Balaban J connectivity index is 2.27. The average molecular weight is 313 g/mol. The van der Waals surface area contributed by atoms with Crippen LogP contribution in [0.1, 0.15) is 33.9 Å². The van der Waals surface area contributed by atoms with E-state index in [1.165, 1.54) is 0 Å². The number of aromatic nitrogens is 1. The van der Waals surface area contributed by atoms with Gasteiger partial charge in [0.05, 0.1) is 10.6 Å². The standard InChI is InChI=1S/C10H10F3NO3S2/c11-10(12,13)9-14-5-6(18-9)8(15)7-3-1-2-4-19(7,16)17/h5,7H,1-4H2. The van der Waals surface area contributed by atoms with Crippen LogP contribution in [0, 0.1) is 0 Å². The lowest BCUT2D eigenvalue weighted by atomic mass is 10.1. The Morgan fingerprint density at radius 2 is 2.05 bits per heavy atom. The number of hydrogen-bond donors (Lipinski definition) is 0. The van der Waals surface area contributed by atoms with Crippen molar-refractivity contribution in [1.29, 1.82) is 0 Å². The number of nitrogens with zero attached hydrogens (tertiary/aromatic N) is 1. The maximum absolute atomic E-state index is 12.4. The molecular formula is C10H10F3NO3S2.